The SMILES string of the molecule is CCCOc1ccc(/C=N\NC(=O)COc2ccc(F)cc2)c(OCCC)c1. The van der Waals surface area contributed by atoms with Gasteiger partial charge in [-0.15, -0.1) is 0 Å². The molecule has 2 aromatic carbocycles. The van der Waals surface area contributed by atoms with E-state index >= 15 is 0 Å². The highest BCUT2D eigenvalue weighted by Gasteiger charge is 2.06. The lowest BCUT2D eigenvalue weighted by atomic mass is 10.2. The van der Waals surface area contributed by atoms with Crippen molar-refractivity contribution in [3.05, 3.63) is 53.8 Å². The number of hydrogen-bond donors (Lipinski definition) is 1. The van der Waals surface area contributed by atoms with Gasteiger partial charge in [-0.3, -0.25) is 4.79 Å². The number of nitrogens with zero attached hydrogens (tertiary/aromatic N) is 1. The molecule has 0 heterocycles. The Balaban J connectivity index is 1.91. The van der Waals surface area contributed by atoms with Crippen LogP contribution in [0.4, 0.5) is 4.39 Å². The van der Waals surface area contributed by atoms with Crippen molar-refractivity contribution in [3.63, 3.8) is 0 Å². The van der Waals surface area contributed by atoms with Crippen molar-refractivity contribution in [1.82, 2.24) is 5.43 Å². The predicted octanol–water partition coefficient (Wildman–Crippen LogP) is 3.93. The molecule has 28 heavy (non-hydrogen) atoms. The minimum Gasteiger partial charge on any atom is -0.493 e. The Labute approximate surface area is 164 Å². The van der Waals surface area contributed by atoms with E-state index in [1.54, 1.807) is 0 Å². The summed E-state index contributed by atoms with van der Waals surface area (Å²) in [4.78, 5) is 11.8. The van der Waals surface area contributed by atoms with Crippen molar-refractivity contribution in [3.8, 4) is 17.2 Å². The molecule has 0 atom stereocenters. The summed E-state index contributed by atoms with van der Waals surface area (Å²) in [6.45, 7) is 5.03. The van der Waals surface area contributed by atoms with Crippen molar-refractivity contribution in [2.75, 3.05) is 19.8 Å². The van der Waals surface area contributed by atoms with Crippen LogP contribution in [0.15, 0.2) is 47.6 Å². The Morgan fingerprint density at radius 2 is 1.68 bits per heavy atom. The van der Waals surface area contributed by atoms with Crippen molar-refractivity contribution in [2.45, 2.75) is 26.7 Å². The average Bonchev–Trinajstić information content (AvgIpc) is 2.71. The molecule has 7 heteroatoms. The first kappa shape index (κ1) is 21.2. The lowest BCUT2D eigenvalue weighted by Crippen LogP contribution is -2.24. The van der Waals surface area contributed by atoms with Crippen LogP contribution in [-0.4, -0.2) is 31.9 Å². The Bertz CT molecular complexity index is 778. The van der Waals surface area contributed by atoms with E-state index in [-0.39, 0.29) is 12.4 Å². The molecule has 6 nitrogen and oxygen atoms in total. The number of nitrogens with one attached hydrogen (secondary N) is 1. The monoisotopic (exact) mass is 388 g/mol. The van der Waals surface area contributed by atoms with Gasteiger partial charge >= 0.3 is 0 Å². The normalized spacial score (nSPS) is 10.7. The van der Waals surface area contributed by atoms with Gasteiger partial charge in [0.05, 0.1) is 19.4 Å². The third-order valence-corrected chi connectivity index (χ3v) is 3.50. The molecule has 0 aliphatic heterocycles. The fourth-order valence-corrected chi connectivity index (χ4v) is 2.15. The predicted molar refractivity (Wildman–Crippen MR) is 106 cm³/mol. The highest BCUT2D eigenvalue weighted by molar-refractivity contribution is 5.85. The summed E-state index contributed by atoms with van der Waals surface area (Å²) in [7, 11) is 0. The molecule has 2 rings (SSSR count). The quantitative estimate of drug-likeness (QED) is 0.468. The molecule has 1 N–H and O–H groups in total. The van der Waals surface area contributed by atoms with Gasteiger partial charge in [-0.2, -0.15) is 5.10 Å². The van der Waals surface area contributed by atoms with Crippen molar-refractivity contribution in [2.24, 2.45) is 5.10 Å². The molecule has 0 aliphatic rings. The highest BCUT2D eigenvalue weighted by Crippen LogP contribution is 2.24. The molecular formula is C21H25FN2O4. The maximum absolute atomic E-state index is 12.8. The van der Waals surface area contributed by atoms with Gasteiger partial charge in [0.1, 0.15) is 23.1 Å². The molecule has 150 valence electrons. The summed E-state index contributed by atoms with van der Waals surface area (Å²) in [5.74, 6) is 0.962. The van der Waals surface area contributed by atoms with Crippen LogP contribution in [0.2, 0.25) is 0 Å². The van der Waals surface area contributed by atoms with Crippen LogP contribution in [0.1, 0.15) is 32.3 Å². The number of carbonyl (C=O) groups excluding carboxylic acids is 1. The fourth-order valence-electron chi connectivity index (χ4n) is 2.15. The van der Waals surface area contributed by atoms with Gasteiger partial charge in [0.15, 0.2) is 6.61 Å². The molecule has 0 radical (unpaired) electrons. The number of benzene rings is 2. The summed E-state index contributed by atoms with van der Waals surface area (Å²) < 4.78 is 29.5. The summed E-state index contributed by atoms with van der Waals surface area (Å²) in [5.41, 5.74) is 3.11. The van der Waals surface area contributed by atoms with Crippen molar-refractivity contribution < 1.29 is 23.4 Å². The van der Waals surface area contributed by atoms with E-state index in [4.69, 9.17) is 14.2 Å². The summed E-state index contributed by atoms with van der Waals surface area (Å²) >= 11 is 0. The van der Waals surface area contributed by atoms with Crippen LogP contribution >= 0.6 is 0 Å². The number of carbonyl (C=O) groups is 1. The number of halogens is 1. The molecule has 2 aromatic rings. The summed E-state index contributed by atoms with van der Waals surface area (Å²) in [5, 5.41) is 3.94. The second-order valence-corrected chi connectivity index (χ2v) is 5.93. The molecule has 0 fully saturated rings. The Kier molecular flexibility index (Phi) is 8.78. The smallest absolute Gasteiger partial charge is 0.277 e. The second kappa shape index (κ2) is 11.6. The molecule has 0 spiro atoms. The topological polar surface area (TPSA) is 69.2 Å². The Morgan fingerprint density at radius 1 is 1.00 bits per heavy atom. The van der Waals surface area contributed by atoms with E-state index in [2.05, 4.69) is 10.5 Å². The van der Waals surface area contributed by atoms with Gasteiger partial charge in [0.25, 0.3) is 5.91 Å². The Morgan fingerprint density at radius 3 is 2.39 bits per heavy atom. The average molecular weight is 388 g/mol. The summed E-state index contributed by atoms with van der Waals surface area (Å²) in [6.07, 6.45) is 3.29. The number of amides is 1. The van der Waals surface area contributed by atoms with Crippen LogP contribution in [0.25, 0.3) is 0 Å². The lowest BCUT2D eigenvalue weighted by Gasteiger charge is -2.11. The number of hydrogen-bond acceptors (Lipinski definition) is 5. The molecule has 0 bridgehead atoms. The fraction of sp³-hybridized carbons (Fsp3) is 0.333. The second-order valence-electron chi connectivity index (χ2n) is 5.93. The van der Waals surface area contributed by atoms with Crippen LogP contribution in [0.5, 0.6) is 17.2 Å². The standard InChI is InChI=1S/C21H25FN2O4/c1-3-11-26-19-8-5-16(20(13-19)27-12-4-2)14-23-24-21(25)15-28-18-9-6-17(22)7-10-18/h5-10,13-14H,3-4,11-12,15H2,1-2H3,(H,24,25)/b23-14-. The lowest BCUT2D eigenvalue weighted by molar-refractivity contribution is -0.123. The third-order valence-electron chi connectivity index (χ3n) is 3.50. The third kappa shape index (κ3) is 7.26. The number of hydrazone groups is 1. The molecule has 0 aliphatic carbocycles. The molecular weight excluding hydrogens is 363 g/mol. The van der Waals surface area contributed by atoms with Crippen molar-refractivity contribution >= 4 is 12.1 Å². The van der Waals surface area contributed by atoms with Gasteiger partial charge in [0, 0.05) is 11.6 Å². The van der Waals surface area contributed by atoms with E-state index in [1.165, 1.54) is 30.5 Å². The first-order chi connectivity index (χ1) is 13.6. The number of rotatable bonds is 11. The molecule has 1 amide bonds. The van der Waals surface area contributed by atoms with Crippen LogP contribution in [0.3, 0.4) is 0 Å². The van der Waals surface area contributed by atoms with E-state index in [0.29, 0.717) is 24.7 Å². The largest absolute Gasteiger partial charge is 0.493 e. The van der Waals surface area contributed by atoms with Gasteiger partial charge in [-0.05, 0) is 49.2 Å². The molecule has 0 saturated heterocycles. The maximum atomic E-state index is 12.8. The van der Waals surface area contributed by atoms with Gasteiger partial charge < -0.3 is 14.2 Å². The van der Waals surface area contributed by atoms with Gasteiger partial charge in [0.2, 0.25) is 0 Å². The first-order valence-electron chi connectivity index (χ1n) is 9.22. The van der Waals surface area contributed by atoms with E-state index in [9.17, 15) is 9.18 Å². The maximum Gasteiger partial charge on any atom is 0.277 e. The van der Waals surface area contributed by atoms with E-state index in [1.807, 2.05) is 32.0 Å². The minimum atomic E-state index is -0.431. The summed E-state index contributed by atoms with van der Waals surface area (Å²) in [6, 6.07) is 10.9. The molecule has 0 aromatic heterocycles. The molecule has 0 unspecified atom stereocenters. The van der Waals surface area contributed by atoms with E-state index in [0.717, 1.165) is 24.2 Å². The first-order valence-corrected chi connectivity index (χ1v) is 9.22. The minimum absolute atomic E-state index is 0.230. The van der Waals surface area contributed by atoms with Gasteiger partial charge in [-0.1, -0.05) is 13.8 Å². The zero-order valence-corrected chi connectivity index (χ0v) is 16.1. The Hall–Kier alpha value is -3.09. The zero-order chi connectivity index (χ0) is 20.2. The van der Waals surface area contributed by atoms with E-state index < -0.39 is 5.91 Å². The highest BCUT2D eigenvalue weighted by atomic mass is 19.1. The van der Waals surface area contributed by atoms with Crippen LogP contribution < -0.4 is 19.6 Å². The zero-order valence-electron chi connectivity index (χ0n) is 16.1. The van der Waals surface area contributed by atoms with Crippen LogP contribution in [-0.2, 0) is 4.79 Å². The van der Waals surface area contributed by atoms with Gasteiger partial charge in [-0.25, -0.2) is 9.82 Å². The van der Waals surface area contributed by atoms with Crippen molar-refractivity contribution in [1.29, 1.82) is 0 Å². The number of ether oxygens (including phenoxy) is 3. The molecule has 0 saturated carbocycles. The van der Waals surface area contributed by atoms with Crippen LogP contribution in [0, 0.1) is 5.82 Å².